The van der Waals surface area contributed by atoms with Gasteiger partial charge in [0.2, 0.25) is 0 Å². The molecule has 0 spiro atoms. The molecular weight excluding hydrogens is 424 g/mol. The zero-order valence-corrected chi connectivity index (χ0v) is 18.6. The van der Waals surface area contributed by atoms with E-state index in [-0.39, 0.29) is 5.78 Å². The van der Waals surface area contributed by atoms with Crippen LogP contribution in [-0.4, -0.2) is 39.6 Å². The molecule has 0 unspecified atom stereocenters. The molecule has 0 fully saturated rings. The van der Waals surface area contributed by atoms with Crippen LogP contribution in [0.1, 0.15) is 36.0 Å². The Hall–Kier alpha value is -2.21. The molecule has 0 aliphatic heterocycles. The Kier molecular flexibility index (Phi) is 11.8. The molecule has 2 aromatic carbocycles. The van der Waals surface area contributed by atoms with Crippen LogP contribution in [0.5, 0.6) is 23.0 Å². The Balaban J connectivity index is 0.000000330. The summed E-state index contributed by atoms with van der Waals surface area (Å²) >= 11 is 3.38. The normalized spacial score (nSPS) is 9.75. The van der Waals surface area contributed by atoms with Crippen molar-refractivity contribution in [3.63, 3.8) is 0 Å². The van der Waals surface area contributed by atoms with Crippen LogP contribution in [-0.2, 0) is 0 Å². The first-order chi connectivity index (χ1) is 13.6. The van der Waals surface area contributed by atoms with Crippen molar-refractivity contribution in [2.75, 3.05) is 33.8 Å². The van der Waals surface area contributed by atoms with E-state index >= 15 is 0 Å². The number of methoxy groups -OCH3 is 4. The number of rotatable bonds is 10. The van der Waals surface area contributed by atoms with Gasteiger partial charge in [-0.3, -0.25) is 4.79 Å². The van der Waals surface area contributed by atoms with Crippen LogP contribution in [0.25, 0.3) is 0 Å². The van der Waals surface area contributed by atoms with Crippen molar-refractivity contribution < 1.29 is 23.7 Å². The second-order valence-corrected chi connectivity index (χ2v) is 6.64. The highest BCUT2D eigenvalue weighted by molar-refractivity contribution is 9.09. The van der Waals surface area contributed by atoms with Crippen LogP contribution in [0.15, 0.2) is 42.5 Å². The van der Waals surface area contributed by atoms with Crippen molar-refractivity contribution in [2.24, 2.45) is 0 Å². The maximum atomic E-state index is 12.0. The number of carbonyl (C=O) groups is 1. The summed E-state index contributed by atoms with van der Waals surface area (Å²) < 4.78 is 20.4. The SMILES string of the molecule is COc1ccc(C(=O)CCCCCBr)cc1OC.COc1ccccc1OC. The maximum Gasteiger partial charge on any atom is 0.163 e. The largest absolute Gasteiger partial charge is 0.493 e. The Morgan fingerprint density at radius 3 is 1.79 bits per heavy atom. The van der Waals surface area contributed by atoms with Gasteiger partial charge < -0.3 is 18.9 Å². The summed E-state index contributed by atoms with van der Waals surface area (Å²) in [5, 5.41) is 0.998. The van der Waals surface area contributed by atoms with Gasteiger partial charge >= 0.3 is 0 Å². The number of ketones is 1. The first kappa shape index (κ1) is 23.8. The molecule has 0 saturated carbocycles. The molecule has 0 aliphatic carbocycles. The van der Waals surface area contributed by atoms with E-state index in [9.17, 15) is 4.79 Å². The Labute approximate surface area is 176 Å². The van der Waals surface area contributed by atoms with Gasteiger partial charge in [0.25, 0.3) is 0 Å². The van der Waals surface area contributed by atoms with Crippen molar-refractivity contribution in [3.8, 4) is 23.0 Å². The molecule has 6 heteroatoms. The molecule has 0 radical (unpaired) electrons. The minimum absolute atomic E-state index is 0.158. The Morgan fingerprint density at radius 2 is 1.29 bits per heavy atom. The highest BCUT2D eigenvalue weighted by Crippen LogP contribution is 2.28. The summed E-state index contributed by atoms with van der Waals surface area (Å²) in [6.45, 7) is 0. The van der Waals surface area contributed by atoms with Crippen LogP contribution in [0, 0.1) is 0 Å². The molecule has 5 nitrogen and oxygen atoms in total. The van der Waals surface area contributed by atoms with Crippen LogP contribution >= 0.6 is 15.9 Å². The lowest BCUT2D eigenvalue weighted by Gasteiger charge is -2.09. The average Bonchev–Trinajstić information content (AvgIpc) is 2.76. The van der Waals surface area contributed by atoms with E-state index in [4.69, 9.17) is 18.9 Å². The first-order valence-corrected chi connectivity index (χ1v) is 10.2. The summed E-state index contributed by atoms with van der Waals surface area (Å²) in [6.07, 6.45) is 3.70. The molecule has 28 heavy (non-hydrogen) atoms. The Morgan fingerprint density at radius 1 is 0.750 bits per heavy atom. The van der Waals surface area contributed by atoms with E-state index < -0.39 is 0 Å². The number of hydrogen-bond donors (Lipinski definition) is 0. The zero-order chi connectivity index (χ0) is 20.8. The van der Waals surface area contributed by atoms with Crippen LogP contribution in [0.3, 0.4) is 0 Å². The molecular formula is C22H29BrO5. The van der Waals surface area contributed by atoms with Crippen molar-refractivity contribution in [1.82, 2.24) is 0 Å². The fraction of sp³-hybridized carbons (Fsp3) is 0.409. The third-order valence-corrected chi connectivity index (χ3v) is 4.59. The van der Waals surface area contributed by atoms with Crippen molar-refractivity contribution in [3.05, 3.63) is 48.0 Å². The van der Waals surface area contributed by atoms with Gasteiger partial charge in [-0.05, 0) is 43.2 Å². The number of Topliss-reactive ketones (excluding diaryl/α,β-unsaturated/α-hetero) is 1. The number of carbonyl (C=O) groups excluding carboxylic acids is 1. The lowest BCUT2D eigenvalue weighted by atomic mass is 10.0. The van der Waals surface area contributed by atoms with Gasteiger partial charge in [-0.25, -0.2) is 0 Å². The summed E-state index contributed by atoms with van der Waals surface area (Å²) in [5.74, 6) is 2.94. The van der Waals surface area contributed by atoms with E-state index in [1.165, 1.54) is 0 Å². The smallest absolute Gasteiger partial charge is 0.163 e. The van der Waals surface area contributed by atoms with E-state index in [1.807, 2.05) is 24.3 Å². The number of alkyl halides is 1. The van der Waals surface area contributed by atoms with Crippen molar-refractivity contribution in [2.45, 2.75) is 25.7 Å². The molecule has 154 valence electrons. The van der Waals surface area contributed by atoms with Crippen molar-refractivity contribution >= 4 is 21.7 Å². The standard InChI is InChI=1S/C14H19BrO3.C8H10O2/c1-17-13-8-7-11(10-14(13)18-2)12(16)6-4-3-5-9-15;1-9-7-5-3-4-6-8(7)10-2/h7-8,10H,3-6,9H2,1-2H3;3-6H,1-2H3. The summed E-state index contributed by atoms with van der Waals surface area (Å²) in [7, 11) is 6.40. The topological polar surface area (TPSA) is 54.0 Å². The van der Waals surface area contributed by atoms with Crippen LogP contribution < -0.4 is 18.9 Å². The summed E-state index contributed by atoms with van der Waals surface area (Å²) in [4.78, 5) is 12.0. The van der Waals surface area contributed by atoms with Gasteiger partial charge in [0.1, 0.15) is 0 Å². The Bertz CT molecular complexity index is 695. The minimum Gasteiger partial charge on any atom is -0.493 e. The third kappa shape index (κ3) is 7.80. The van der Waals surface area contributed by atoms with Gasteiger partial charge in [-0.2, -0.15) is 0 Å². The molecule has 0 aliphatic rings. The van der Waals surface area contributed by atoms with E-state index in [2.05, 4.69) is 15.9 Å². The number of halogens is 1. The number of unbranched alkanes of at least 4 members (excludes halogenated alkanes) is 2. The van der Waals surface area contributed by atoms with Crippen LogP contribution in [0.2, 0.25) is 0 Å². The second-order valence-electron chi connectivity index (χ2n) is 5.85. The molecule has 0 bridgehead atoms. The van der Waals surface area contributed by atoms with Gasteiger partial charge in [-0.15, -0.1) is 0 Å². The molecule has 2 rings (SSSR count). The second kappa shape index (κ2) is 13.9. The third-order valence-electron chi connectivity index (χ3n) is 4.03. The molecule has 0 aromatic heterocycles. The highest BCUT2D eigenvalue weighted by Gasteiger charge is 2.10. The number of ether oxygens (including phenoxy) is 4. The lowest BCUT2D eigenvalue weighted by molar-refractivity contribution is 0.0979. The fourth-order valence-electron chi connectivity index (χ4n) is 2.50. The molecule has 0 saturated heterocycles. The van der Waals surface area contributed by atoms with Gasteiger partial charge in [0, 0.05) is 17.3 Å². The number of benzene rings is 2. The van der Waals surface area contributed by atoms with E-state index in [0.29, 0.717) is 23.5 Å². The predicted octanol–water partition coefficient (Wildman–Crippen LogP) is 5.55. The van der Waals surface area contributed by atoms with E-state index in [1.54, 1.807) is 46.6 Å². The molecule has 0 heterocycles. The highest BCUT2D eigenvalue weighted by atomic mass is 79.9. The molecule has 0 N–H and O–H groups in total. The number of para-hydroxylation sites is 2. The van der Waals surface area contributed by atoms with Gasteiger partial charge in [0.05, 0.1) is 28.4 Å². The quantitative estimate of drug-likeness (QED) is 0.268. The van der Waals surface area contributed by atoms with E-state index in [0.717, 1.165) is 36.1 Å². The van der Waals surface area contributed by atoms with Gasteiger partial charge in [0.15, 0.2) is 28.8 Å². The lowest BCUT2D eigenvalue weighted by Crippen LogP contribution is -2.00. The molecule has 0 amide bonds. The zero-order valence-electron chi connectivity index (χ0n) is 17.0. The molecule has 2 aromatic rings. The van der Waals surface area contributed by atoms with Crippen molar-refractivity contribution in [1.29, 1.82) is 0 Å². The first-order valence-electron chi connectivity index (χ1n) is 9.09. The minimum atomic E-state index is 0.158. The van der Waals surface area contributed by atoms with Crippen LogP contribution in [0.4, 0.5) is 0 Å². The fourth-order valence-corrected chi connectivity index (χ4v) is 2.89. The van der Waals surface area contributed by atoms with Gasteiger partial charge in [-0.1, -0.05) is 34.5 Å². The summed E-state index contributed by atoms with van der Waals surface area (Å²) in [5.41, 5.74) is 0.687. The number of hydrogen-bond acceptors (Lipinski definition) is 5. The maximum absolute atomic E-state index is 12.0. The summed E-state index contributed by atoms with van der Waals surface area (Å²) in [6, 6.07) is 12.8. The monoisotopic (exact) mass is 452 g/mol. The average molecular weight is 453 g/mol. The predicted molar refractivity (Wildman–Crippen MR) is 116 cm³/mol. The molecule has 0 atom stereocenters.